The molecular weight excluding hydrogens is 168 g/mol. The first kappa shape index (κ1) is 12.3. The molecule has 0 aliphatic heterocycles. The van der Waals surface area contributed by atoms with Gasteiger partial charge in [0.15, 0.2) is 0 Å². The Morgan fingerprint density at radius 2 is 2.00 bits per heavy atom. The molecule has 0 aromatic heterocycles. The van der Waals surface area contributed by atoms with Crippen molar-refractivity contribution in [3.63, 3.8) is 0 Å². The van der Waals surface area contributed by atoms with Crippen molar-refractivity contribution in [3.05, 3.63) is 0 Å². The van der Waals surface area contributed by atoms with Crippen molar-refractivity contribution < 1.29 is 4.79 Å². The van der Waals surface area contributed by atoms with E-state index >= 15 is 0 Å². The molecule has 0 rings (SSSR count). The standard InChI is InChI=1S/C8H20N4O/c9-3-1-2-7(11)6-8(13)12-5-4-10/h7H,1-6,9-11H2,(H,12,13). The van der Waals surface area contributed by atoms with E-state index in [9.17, 15) is 4.79 Å². The predicted molar refractivity (Wildman–Crippen MR) is 52.9 cm³/mol. The highest BCUT2D eigenvalue weighted by atomic mass is 16.1. The summed E-state index contributed by atoms with van der Waals surface area (Å²) >= 11 is 0. The number of rotatable bonds is 7. The summed E-state index contributed by atoms with van der Waals surface area (Å²) in [4.78, 5) is 11.1. The first-order valence-electron chi connectivity index (χ1n) is 4.63. The molecule has 0 spiro atoms. The van der Waals surface area contributed by atoms with Gasteiger partial charge in [0.05, 0.1) is 0 Å². The van der Waals surface area contributed by atoms with Gasteiger partial charge in [-0.2, -0.15) is 0 Å². The van der Waals surface area contributed by atoms with Crippen LogP contribution in [0.1, 0.15) is 19.3 Å². The molecule has 5 nitrogen and oxygen atoms in total. The Morgan fingerprint density at radius 1 is 1.31 bits per heavy atom. The lowest BCUT2D eigenvalue weighted by Gasteiger charge is -2.10. The van der Waals surface area contributed by atoms with E-state index in [1.165, 1.54) is 0 Å². The fourth-order valence-corrected chi connectivity index (χ4v) is 1.00. The van der Waals surface area contributed by atoms with E-state index in [0.29, 0.717) is 26.1 Å². The zero-order valence-electron chi connectivity index (χ0n) is 7.96. The number of carbonyl (C=O) groups excluding carboxylic acids is 1. The number of amides is 1. The van der Waals surface area contributed by atoms with E-state index in [1.54, 1.807) is 0 Å². The Bertz CT molecular complexity index is 140. The van der Waals surface area contributed by atoms with Crippen LogP contribution in [0.25, 0.3) is 0 Å². The summed E-state index contributed by atoms with van der Waals surface area (Å²) in [6.07, 6.45) is 2.03. The summed E-state index contributed by atoms with van der Waals surface area (Å²) in [7, 11) is 0. The van der Waals surface area contributed by atoms with Crippen LogP contribution in [0.15, 0.2) is 0 Å². The lowest BCUT2D eigenvalue weighted by molar-refractivity contribution is -0.121. The SMILES string of the molecule is NCCCC(N)CC(=O)NCCN. The molecule has 0 heterocycles. The molecule has 0 aromatic rings. The van der Waals surface area contributed by atoms with Gasteiger partial charge in [-0.1, -0.05) is 0 Å². The second kappa shape index (κ2) is 7.97. The molecule has 0 saturated carbocycles. The van der Waals surface area contributed by atoms with Crippen molar-refractivity contribution in [2.24, 2.45) is 17.2 Å². The zero-order chi connectivity index (χ0) is 10.1. The van der Waals surface area contributed by atoms with Gasteiger partial charge in [0.1, 0.15) is 0 Å². The number of carbonyl (C=O) groups is 1. The van der Waals surface area contributed by atoms with Crippen molar-refractivity contribution in [3.8, 4) is 0 Å². The Hall–Kier alpha value is -0.650. The molecule has 0 radical (unpaired) electrons. The smallest absolute Gasteiger partial charge is 0.221 e. The Balaban J connectivity index is 3.41. The average molecular weight is 188 g/mol. The van der Waals surface area contributed by atoms with Gasteiger partial charge in [-0.15, -0.1) is 0 Å². The molecule has 0 aliphatic carbocycles. The molecule has 1 amide bonds. The third-order valence-electron chi connectivity index (χ3n) is 1.69. The van der Waals surface area contributed by atoms with Crippen LogP contribution < -0.4 is 22.5 Å². The molecule has 0 aliphatic rings. The first-order valence-corrected chi connectivity index (χ1v) is 4.63. The van der Waals surface area contributed by atoms with Crippen molar-refractivity contribution in [1.29, 1.82) is 0 Å². The highest BCUT2D eigenvalue weighted by Crippen LogP contribution is 1.97. The minimum absolute atomic E-state index is 0.0324. The van der Waals surface area contributed by atoms with Gasteiger partial charge in [-0.3, -0.25) is 4.79 Å². The van der Waals surface area contributed by atoms with E-state index in [-0.39, 0.29) is 11.9 Å². The maximum absolute atomic E-state index is 11.1. The molecule has 5 heteroatoms. The molecule has 13 heavy (non-hydrogen) atoms. The van der Waals surface area contributed by atoms with Crippen LogP contribution in [0.5, 0.6) is 0 Å². The van der Waals surface area contributed by atoms with Gasteiger partial charge in [0, 0.05) is 25.6 Å². The lowest BCUT2D eigenvalue weighted by Crippen LogP contribution is -2.34. The summed E-state index contributed by atoms with van der Waals surface area (Å²) in [5.41, 5.74) is 16.2. The predicted octanol–water partition coefficient (Wildman–Crippen LogP) is -1.48. The summed E-state index contributed by atoms with van der Waals surface area (Å²) in [6, 6.07) is -0.0821. The summed E-state index contributed by atoms with van der Waals surface area (Å²) < 4.78 is 0. The molecule has 0 bridgehead atoms. The van der Waals surface area contributed by atoms with Crippen LogP contribution in [0.4, 0.5) is 0 Å². The van der Waals surface area contributed by atoms with Crippen LogP contribution in [0.2, 0.25) is 0 Å². The first-order chi connectivity index (χ1) is 6.20. The quantitative estimate of drug-likeness (QED) is 0.390. The van der Waals surface area contributed by atoms with Gasteiger partial charge in [-0.05, 0) is 19.4 Å². The zero-order valence-corrected chi connectivity index (χ0v) is 7.96. The largest absolute Gasteiger partial charge is 0.355 e. The van der Waals surface area contributed by atoms with Gasteiger partial charge >= 0.3 is 0 Å². The number of nitrogens with one attached hydrogen (secondary N) is 1. The van der Waals surface area contributed by atoms with E-state index < -0.39 is 0 Å². The molecule has 0 saturated heterocycles. The van der Waals surface area contributed by atoms with Gasteiger partial charge in [0.2, 0.25) is 5.91 Å². The molecular formula is C8H20N4O. The fourth-order valence-electron chi connectivity index (χ4n) is 1.00. The average Bonchev–Trinajstić information content (AvgIpc) is 2.11. The molecule has 7 N–H and O–H groups in total. The Kier molecular flexibility index (Phi) is 7.57. The maximum Gasteiger partial charge on any atom is 0.221 e. The van der Waals surface area contributed by atoms with Crippen LogP contribution in [-0.2, 0) is 4.79 Å². The van der Waals surface area contributed by atoms with Crippen molar-refractivity contribution in [2.45, 2.75) is 25.3 Å². The third kappa shape index (κ3) is 7.70. The van der Waals surface area contributed by atoms with Crippen LogP contribution in [-0.4, -0.2) is 31.6 Å². The summed E-state index contributed by atoms with van der Waals surface area (Å²) in [5, 5.41) is 2.66. The molecule has 1 atom stereocenters. The van der Waals surface area contributed by atoms with Crippen LogP contribution >= 0.6 is 0 Å². The van der Waals surface area contributed by atoms with Crippen molar-refractivity contribution in [1.82, 2.24) is 5.32 Å². The summed E-state index contributed by atoms with van der Waals surface area (Å²) in [6.45, 7) is 1.60. The van der Waals surface area contributed by atoms with Gasteiger partial charge < -0.3 is 22.5 Å². The Morgan fingerprint density at radius 3 is 2.54 bits per heavy atom. The lowest BCUT2D eigenvalue weighted by atomic mass is 10.1. The van der Waals surface area contributed by atoms with Crippen LogP contribution in [0, 0.1) is 0 Å². The topological polar surface area (TPSA) is 107 Å². The van der Waals surface area contributed by atoms with Gasteiger partial charge in [-0.25, -0.2) is 0 Å². The summed E-state index contributed by atoms with van der Waals surface area (Å²) in [5.74, 6) is -0.0324. The normalized spacial score (nSPS) is 12.5. The third-order valence-corrected chi connectivity index (χ3v) is 1.69. The number of hydrogen-bond donors (Lipinski definition) is 4. The molecule has 0 aromatic carbocycles. The fraction of sp³-hybridized carbons (Fsp3) is 0.875. The monoisotopic (exact) mass is 188 g/mol. The van der Waals surface area contributed by atoms with Gasteiger partial charge in [0.25, 0.3) is 0 Å². The number of hydrogen-bond acceptors (Lipinski definition) is 4. The minimum atomic E-state index is -0.0821. The number of nitrogens with two attached hydrogens (primary N) is 3. The van der Waals surface area contributed by atoms with Crippen LogP contribution in [0.3, 0.4) is 0 Å². The second-order valence-corrected chi connectivity index (χ2v) is 3.03. The highest BCUT2D eigenvalue weighted by molar-refractivity contribution is 5.76. The maximum atomic E-state index is 11.1. The molecule has 1 unspecified atom stereocenters. The minimum Gasteiger partial charge on any atom is -0.355 e. The molecule has 78 valence electrons. The van der Waals surface area contributed by atoms with E-state index in [2.05, 4.69) is 5.32 Å². The van der Waals surface area contributed by atoms with Crippen molar-refractivity contribution >= 4 is 5.91 Å². The highest BCUT2D eigenvalue weighted by Gasteiger charge is 2.07. The van der Waals surface area contributed by atoms with E-state index in [1.807, 2.05) is 0 Å². The van der Waals surface area contributed by atoms with Crippen molar-refractivity contribution in [2.75, 3.05) is 19.6 Å². The molecule has 0 fully saturated rings. The second-order valence-electron chi connectivity index (χ2n) is 3.03. The Labute approximate surface area is 79.0 Å². The van der Waals surface area contributed by atoms with E-state index in [0.717, 1.165) is 12.8 Å². The van der Waals surface area contributed by atoms with E-state index in [4.69, 9.17) is 17.2 Å².